The lowest BCUT2D eigenvalue weighted by Gasteiger charge is -2.29. The average Bonchev–Trinajstić information content (AvgIpc) is 2.40. The van der Waals surface area contributed by atoms with Crippen LogP contribution in [0.15, 0.2) is 24.3 Å². The zero-order valence-electron chi connectivity index (χ0n) is 12.5. The molecule has 1 aromatic carbocycles. The maximum atomic E-state index is 13.8. The van der Waals surface area contributed by atoms with Gasteiger partial charge in [-0.05, 0) is 51.0 Å². The summed E-state index contributed by atoms with van der Waals surface area (Å²) in [6, 6.07) is 3.96. The van der Waals surface area contributed by atoms with Gasteiger partial charge in [0.05, 0.1) is 0 Å². The van der Waals surface area contributed by atoms with Gasteiger partial charge in [-0.15, -0.1) is 0 Å². The van der Waals surface area contributed by atoms with E-state index in [2.05, 4.69) is 0 Å². The zero-order valence-corrected chi connectivity index (χ0v) is 12.5. The Morgan fingerprint density at radius 1 is 1.38 bits per heavy atom. The first-order valence-corrected chi connectivity index (χ1v) is 6.92. The van der Waals surface area contributed by atoms with Crippen molar-refractivity contribution in [3.05, 3.63) is 35.7 Å². The van der Waals surface area contributed by atoms with E-state index in [1.54, 1.807) is 11.0 Å². The van der Waals surface area contributed by atoms with Gasteiger partial charge in [-0.2, -0.15) is 0 Å². The van der Waals surface area contributed by atoms with Crippen molar-refractivity contribution in [1.29, 1.82) is 0 Å². The molecule has 0 aromatic heterocycles. The molecule has 114 valence electrons. The van der Waals surface area contributed by atoms with Crippen LogP contribution in [0.2, 0.25) is 0 Å². The van der Waals surface area contributed by atoms with E-state index in [1.807, 2.05) is 20.8 Å². The number of carbonyl (C=O) groups excluding carboxylic acids is 1. The van der Waals surface area contributed by atoms with Crippen LogP contribution in [0.1, 0.15) is 32.8 Å². The summed E-state index contributed by atoms with van der Waals surface area (Å²) in [5.74, 6) is -0.341. The summed E-state index contributed by atoms with van der Waals surface area (Å²) in [5, 5.41) is 9.46. The molecule has 0 spiro atoms. The van der Waals surface area contributed by atoms with Gasteiger partial charge in [0.2, 0.25) is 0 Å². The largest absolute Gasteiger partial charge is 0.508 e. The SMILES string of the molecule is CC(C)(C)OC(=O)N1CC=C(c2cc(O)ccc2F)CC1. The second-order valence-corrected chi connectivity index (χ2v) is 6.07. The minimum Gasteiger partial charge on any atom is -0.508 e. The van der Waals surface area contributed by atoms with Gasteiger partial charge in [0, 0.05) is 18.7 Å². The van der Waals surface area contributed by atoms with E-state index in [9.17, 15) is 14.3 Å². The van der Waals surface area contributed by atoms with Crippen molar-refractivity contribution in [2.75, 3.05) is 13.1 Å². The molecule has 0 unspecified atom stereocenters. The van der Waals surface area contributed by atoms with Gasteiger partial charge in [-0.3, -0.25) is 0 Å². The van der Waals surface area contributed by atoms with E-state index >= 15 is 0 Å². The summed E-state index contributed by atoms with van der Waals surface area (Å²) in [6.07, 6.45) is 1.96. The fourth-order valence-corrected chi connectivity index (χ4v) is 2.17. The fourth-order valence-electron chi connectivity index (χ4n) is 2.17. The molecule has 0 bridgehead atoms. The molecule has 1 amide bonds. The smallest absolute Gasteiger partial charge is 0.410 e. The lowest BCUT2D eigenvalue weighted by atomic mass is 9.99. The van der Waals surface area contributed by atoms with Crippen LogP contribution < -0.4 is 0 Å². The molecule has 4 nitrogen and oxygen atoms in total. The first-order valence-electron chi connectivity index (χ1n) is 6.92. The van der Waals surface area contributed by atoms with Gasteiger partial charge in [0.1, 0.15) is 17.2 Å². The van der Waals surface area contributed by atoms with Gasteiger partial charge >= 0.3 is 6.09 Å². The summed E-state index contributed by atoms with van der Waals surface area (Å²) in [6.45, 7) is 6.30. The van der Waals surface area contributed by atoms with Crippen LogP contribution in [0.25, 0.3) is 5.57 Å². The van der Waals surface area contributed by atoms with Crippen LogP contribution in [0.5, 0.6) is 5.75 Å². The number of rotatable bonds is 1. The van der Waals surface area contributed by atoms with Crippen molar-refractivity contribution >= 4 is 11.7 Å². The Morgan fingerprint density at radius 2 is 2.10 bits per heavy atom. The Labute approximate surface area is 123 Å². The Kier molecular flexibility index (Phi) is 4.21. The molecule has 0 saturated carbocycles. The number of phenols is 1. The van der Waals surface area contributed by atoms with E-state index in [0.29, 0.717) is 25.1 Å². The Morgan fingerprint density at radius 3 is 2.67 bits per heavy atom. The molecular formula is C16H20FNO3. The van der Waals surface area contributed by atoms with Crippen molar-refractivity contribution in [3.8, 4) is 5.75 Å². The number of phenolic OH excluding ortho intramolecular Hbond substituents is 1. The highest BCUT2D eigenvalue weighted by molar-refractivity contribution is 5.73. The minimum atomic E-state index is -0.529. The van der Waals surface area contributed by atoms with Gasteiger partial charge < -0.3 is 14.7 Å². The van der Waals surface area contributed by atoms with Crippen LogP contribution >= 0.6 is 0 Å². The highest BCUT2D eigenvalue weighted by Crippen LogP contribution is 2.28. The third kappa shape index (κ3) is 3.97. The van der Waals surface area contributed by atoms with Crippen LogP contribution in [0, 0.1) is 5.82 Å². The van der Waals surface area contributed by atoms with E-state index in [0.717, 1.165) is 5.57 Å². The standard InChI is InChI=1S/C16H20FNO3/c1-16(2,3)21-15(20)18-8-6-11(7-9-18)13-10-12(19)4-5-14(13)17/h4-6,10,19H,7-9H2,1-3H3. The highest BCUT2D eigenvalue weighted by atomic mass is 19.1. The topological polar surface area (TPSA) is 49.8 Å². The second kappa shape index (κ2) is 5.76. The third-order valence-corrected chi connectivity index (χ3v) is 3.16. The maximum absolute atomic E-state index is 13.8. The van der Waals surface area contributed by atoms with Crippen LogP contribution in [-0.2, 0) is 4.74 Å². The number of amides is 1. The number of carbonyl (C=O) groups is 1. The molecule has 1 N–H and O–H groups in total. The predicted octanol–water partition coefficient (Wildman–Crippen LogP) is 3.56. The van der Waals surface area contributed by atoms with Gasteiger partial charge in [0.15, 0.2) is 0 Å². The molecular weight excluding hydrogens is 273 g/mol. The van der Waals surface area contributed by atoms with Crippen LogP contribution in [0.4, 0.5) is 9.18 Å². The molecule has 0 fully saturated rings. The first-order chi connectivity index (χ1) is 9.76. The van der Waals surface area contributed by atoms with Gasteiger partial charge in [-0.25, -0.2) is 9.18 Å². The predicted molar refractivity (Wildman–Crippen MR) is 78.5 cm³/mol. The molecule has 21 heavy (non-hydrogen) atoms. The number of halogens is 1. The minimum absolute atomic E-state index is 0.0295. The Balaban J connectivity index is 2.08. The van der Waals surface area contributed by atoms with E-state index in [1.165, 1.54) is 18.2 Å². The number of hydrogen-bond donors (Lipinski definition) is 1. The molecule has 2 rings (SSSR count). The Bertz CT molecular complexity index is 575. The van der Waals surface area contributed by atoms with Crippen LogP contribution in [-0.4, -0.2) is 34.8 Å². The van der Waals surface area contributed by atoms with Crippen molar-refractivity contribution in [3.63, 3.8) is 0 Å². The number of hydrogen-bond acceptors (Lipinski definition) is 3. The fraction of sp³-hybridized carbons (Fsp3) is 0.438. The normalized spacial score (nSPS) is 15.6. The molecule has 1 aliphatic heterocycles. The lowest BCUT2D eigenvalue weighted by molar-refractivity contribution is 0.0270. The molecule has 0 radical (unpaired) electrons. The second-order valence-electron chi connectivity index (χ2n) is 6.07. The van der Waals surface area contributed by atoms with Crippen LogP contribution in [0.3, 0.4) is 0 Å². The molecule has 1 aromatic rings. The summed E-state index contributed by atoms with van der Waals surface area (Å²) >= 11 is 0. The molecule has 0 aliphatic carbocycles. The third-order valence-electron chi connectivity index (χ3n) is 3.16. The molecule has 0 atom stereocenters. The summed E-state index contributed by atoms with van der Waals surface area (Å²) in [5.41, 5.74) is 0.653. The monoisotopic (exact) mass is 293 g/mol. The number of ether oxygens (including phenoxy) is 1. The molecule has 1 heterocycles. The number of aromatic hydroxyl groups is 1. The van der Waals surface area contributed by atoms with Crippen molar-refractivity contribution in [2.45, 2.75) is 32.8 Å². The van der Waals surface area contributed by atoms with Gasteiger partial charge in [-0.1, -0.05) is 6.08 Å². The van der Waals surface area contributed by atoms with Crippen molar-refractivity contribution < 1.29 is 19.0 Å². The average molecular weight is 293 g/mol. The van der Waals surface area contributed by atoms with Crippen molar-refractivity contribution in [2.24, 2.45) is 0 Å². The summed E-state index contributed by atoms with van der Waals surface area (Å²) < 4.78 is 19.1. The van der Waals surface area contributed by atoms with Gasteiger partial charge in [0.25, 0.3) is 0 Å². The summed E-state index contributed by atoms with van der Waals surface area (Å²) in [4.78, 5) is 13.5. The Hall–Kier alpha value is -2.04. The van der Waals surface area contributed by atoms with E-state index in [-0.39, 0.29) is 17.7 Å². The molecule has 5 heteroatoms. The van der Waals surface area contributed by atoms with E-state index < -0.39 is 5.60 Å². The first kappa shape index (κ1) is 15.4. The van der Waals surface area contributed by atoms with E-state index in [4.69, 9.17) is 4.74 Å². The molecule has 0 saturated heterocycles. The maximum Gasteiger partial charge on any atom is 0.410 e. The quantitative estimate of drug-likeness (QED) is 0.861. The zero-order chi connectivity index (χ0) is 15.6. The lowest BCUT2D eigenvalue weighted by Crippen LogP contribution is -2.39. The summed E-state index contributed by atoms with van der Waals surface area (Å²) in [7, 11) is 0. The molecule has 1 aliphatic rings. The highest BCUT2D eigenvalue weighted by Gasteiger charge is 2.24. The number of benzene rings is 1. The number of nitrogens with zero attached hydrogens (tertiary/aromatic N) is 1. The van der Waals surface area contributed by atoms with Crippen molar-refractivity contribution in [1.82, 2.24) is 4.90 Å².